The average molecular weight is 1980 g/mol. The highest BCUT2D eigenvalue weighted by atomic mass is 16.6. The summed E-state index contributed by atoms with van der Waals surface area (Å²) in [6, 6.07) is 0. The fraction of sp³-hybridized carbons (Fsp3) is 0.896. The SMILES string of the molecule is CC(=O)OC(C)(C)C.CCC(C)(C)C(=O)O.CCC(C)(C)C(=O)OC1(C)C2CC3CC(C2)CC1C3.CCC(C)(C)C(=O)OC12CC3CC(CC(O)(C3)C1)C2.CCC(C)(C)C(=O)OC12CC3CC(CC(O)(C3)C1)C2.CCC(C)(C)C(=O)OC1CC2CC1C1C3CCC(C3)C21.CCC(C)(C)C(=O)OC1CCOC1=O.CCC(C)C(=O)OC1C2CC3C(=O)OC1C3C2.CCC(C)C(=O)OC1C2CC3C(=O)OC1C3C2. The van der Waals surface area contributed by atoms with Crippen LogP contribution in [0.5, 0.6) is 0 Å². The van der Waals surface area contributed by atoms with E-state index in [9.17, 15) is 67.7 Å². The van der Waals surface area contributed by atoms with E-state index in [1.54, 1.807) is 27.7 Å². The highest BCUT2D eigenvalue weighted by Crippen LogP contribution is 2.69. The van der Waals surface area contributed by atoms with Crippen molar-refractivity contribution >= 4 is 71.6 Å². The number of ether oxygens (including phenoxy) is 11. The Kier molecular flexibility index (Phi) is 34.9. The van der Waals surface area contributed by atoms with Gasteiger partial charge in [-0.1, -0.05) is 69.2 Å². The van der Waals surface area contributed by atoms with Crippen molar-refractivity contribution in [2.45, 2.75) is 482 Å². The molecule has 3 heterocycles. The molecule has 3 aliphatic heterocycles. The Balaban J connectivity index is 0.000000144. The van der Waals surface area contributed by atoms with Gasteiger partial charge in [-0.05, 0) is 399 Å². The Labute approximate surface area is 843 Å². The van der Waals surface area contributed by atoms with Crippen molar-refractivity contribution in [3.63, 3.8) is 0 Å². The molecule has 23 fully saturated rings. The smallest absolute Gasteiger partial charge is 0.347 e. The molecule has 20 saturated carbocycles. The second-order valence-corrected chi connectivity index (χ2v) is 53.2. The molecule has 20 aliphatic carbocycles. The van der Waals surface area contributed by atoms with Crippen molar-refractivity contribution in [1.29, 1.82) is 0 Å². The third-order valence-electron chi connectivity index (χ3n) is 39.2. The van der Waals surface area contributed by atoms with Crippen LogP contribution in [0.2, 0.25) is 0 Å². The first-order valence-corrected chi connectivity index (χ1v) is 55.5. The molecule has 26 heteroatoms. The van der Waals surface area contributed by atoms with Crippen LogP contribution in [0.25, 0.3) is 0 Å². The summed E-state index contributed by atoms with van der Waals surface area (Å²) in [5, 5.41) is 29.7. The molecule has 0 aromatic heterocycles. The molecule has 0 aromatic carbocycles. The average Bonchev–Trinajstić information content (AvgIpc) is 1.48. The van der Waals surface area contributed by atoms with Crippen LogP contribution in [0.1, 0.15) is 412 Å². The lowest BCUT2D eigenvalue weighted by atomic mass is 9.50. The molecule has 20 bridgehead atoms. The summed E-state index contributed by atoms with van der Waals surface area (Å²) in [7, 11) is 0. The first-order chi connectivity index (χ1) is 65.5. The Morgan fingerprint density at radius 3 is 1.09 bits per heavy atom. The zero-order valence-corrected chi connectivity index (χ0v) is 91.4. The van der Waals surface area contributed by atoms with Gasteiger partial charge in [0.2, 0.25) is 6.10 Å². The maximum atomic E-state index is 12.5. The van der Waals surface area contributed by atoms with Gasteiger partial charge in [0.15, 0.2) is 0 Å². The topological polar surface area (TPSA) is 367 Å². The highest BCUT2D eigenvalue weighted by molar-refractivity contribution is 5.83. The summed E-state index contributed by atoms with van der Waals surface area (Å²) in [5.74, 6) is 9.91. The molecule has 800 valence electrons. The minimum Gasteiger partial charge on any atom is -0.481 e. The number of aliphatic carboxylic acids is 1. The van der Waals surface area contributed by atoms with Crippen LogP contribution in [0.15, 0.2) is 0 Å². The van der Waals surface area contributed by atoms with Crippen LogP contribution in [-0.4, -0.2) is 164 Å². The standard InChI is InChI=1S/C18H28O2.C17H28O2.2C16H26O3.2C13H18O4.C10H16O4.2C6H12O2/c1-4-18(2,3)17(19)20-14-9-12-8-13(14)16-11-6-5-10(7-11)15(12)16;1-5-16(2,3)15(18)19-17(4)13-7-11-6-12(9-13)10-14(17)8-11;2*1-4-14(2,3)13(17)19-16-8-11-5-12(9-16)7-15(18,6-11)10-16;2*1-3-6(2)12(14)16-10-7-4-8-9(5-7)13(15)17-11(8)10;1-4-10(2,3)9(12)14-7-5-6-13-8(7)11;1-5(7)8-6(2,3)4;1-4-6(2,3)5(7)8/h10-16H,4-9H2,1-3H3;11-14H,5-10H2,1-4H3;2*11-12,18H,4-10H2,1-3H3;2*6-11H,3-5H2,1-2H3;7H,4-6H2,1-3H3;1-4H3;4H2,1-3H3,(H,7,8). The highest BCUT2D eigenvalue weighted by Gasteiger charge is 2.68. The van der Waals surface area contributed by atoms with E-state index in [-0.39, 0.29) is 147 Å². The summed E-state index contributed by atoms with van der Waals surface area (Å²) in [4.78, 5) is 139. The van der Waals surface area contributed by atoms with Crippen LogP contribution in [-0.2, 0) is 110 Å². The molecule has 0 spiro atoms. The summed E-state index contributed by atoms with van der Waals surface area (Å²) in [6.45, 7) is 52.1. The summed E-state index contributed by atoms with van der Waals surface area (Å²) < 4.78 is 60.4. The van der Waals surface area contributed by atoms with Gasteiger partial charge in [-0.25, -0.2) is 4.79 Å². The monoisotopic (exact) mass is 1980 g/mol. The van der Waals surface area contributed by atoms with Crippen molar-refractivity contribution in [2.75, 3.05) is 6.61 Å². The van der Waals surface area contributed by atoms with E-state index in [1.807, 2.05) is 132 Å². The number of cyclic esters (lactones) is 1. The van der Waals surface area contributed by atoms with Gasteiger partial charge in [-0.2, -0.15) is 0 Å². The summed E-state index contributed by atoms with van der Waals surface area (Å²) in [5.41, 5.74) is -4.86. The molecule has 26 nitrogen and oxygen atoms in total. The van der Waals surface area contributed by atoms with Crippen molar-refractivity contribution in [3.8, 4) is 0 Å². The van der Waals surface area contributed by atoms with Crippen LogP contribution in [0, 0.1) is 163 Å². The molecule has 3 N–H and O–H groups in total. The fourth-order valence-corrected chi connectivity index (χ4v) is 28.9. The van der Waals surface area contributed by atoms with E-state index < -0.39 is 50.9 Å². The Bertz CT molecular complexity index is 4260. The predicted octanol–water partition coefficient (Wildman–Crippen LogP) is 21.5. The van der Waals surface area contributed by atoms with E-state index in [1.165, 1.54) is 84.0 Å². The third-order valence-corrected chi connectivity index (χ3v) is 39.2. The minimum absolute atomic E-state index is 0.0185. The molecule has 23 aliphatic rings. The van der Waals surface area contributed by atoms with Crippen molar-refractivity contribution in [1.82, 2.24) is 0 Å². The van der Waals surface area contributed by atoms with E-state index in [0.29, 0.717) is 104 Å². The molecule has 24 atom stereocenters. The maximum absolute atomic E-state index is 12.5. The van der Waals surface area contributed by atoms with Gasteiger partial charge in [-0.3, -0.25) is 52.7 Å². The number of carbonyl (C=O) groups excluding carboxylic acids is 11. The lowest BCUT2D eigenvalue weighted by molar-refractivity contribution is -0.226. The van der Waals surface area contributed by atoms with Gasteiger partial charge >= 0.3 is 71.6 Å². The molecule has 0 radical (unpaired) electrons. The molecule has 141 heavy (non-hydrogen) atoms. The third kappa shape index (κ3) is 25.3. The second-order valence-electron chi connectivity index (χ2n) is 53.2. The van der Waals surface area contributed by atoms with E-state index in [0.717, 1.165) is 157 Å². The first-order valence-electron chi connectivity index (χ1n) is 55.5. The molecule has 24 unspecified atom stereocenters. The molecular formula is C115H184O26. The zero-order chi connectivity index (χ0) is 104. The normalized spacial score (nSPS) is 38.8. The number of carbonyl (C=O) groups is 12. The molecule has 23 rings (SSSR count). The van der Waals surface area contributed by atoms with Crippen molar-refractivity contribution in [3.05, 3.63) is 0 Å². The molecule has 3 saturated heterocycles. The number of carboxylic acids is 1. The van der Waals surface area contributed by atoms with Crippen molar-refractivity contribution in [2.24, 2.45) is 163 Å². The molecule has 0 aromatic rings. The first kappa shape index (κ1) is 113. The number of aliphatic hydroxyl groups is 2. The molecule has 0 amide bonds. The number of fused-ring (bicyclic) bond motifs is 11. The predicted molar refractivity (Wildman–Crippen MR) is 529 cm³/mol. The van der Waals surface area contributed by atoms with Gasteiger partial charge in [0, 0.05) is 49.9 Å². The Morgan fingerprint density at radius 2 is 0.752 bits per heavy atom. The molecular weight excluding hydrogens is 1800 g/mol. The van der Waals surface area contributed by atoms with Crippen LogP contribution < -0.4 is 0 Å². The van der Waals surface area contributed by atoms with Gasteiger partial charge in [0.05, 0.1) is 74.0 Å². The lowest BCUT2D eigenvalue weighted by Crippen LogP contribution is -2.61. The number of esters is 11. The Morgan fingerprint density at radius 1 is 0.390 bits per heavy atom. The van der Waals surface area contributed by atoms with E-state index >= 15 is 0 Å². The number of carboxylic acid groups (broad SMARTS) is 1. The lowest BCUT2D eigenvalue weighted by Gasteiger charge is -2.59. The van der Waals surface area contributed by atoms with Crippen LogP contribution in [0.3, 0.4) is 0 Å². The van der Waals surface area contributed by atoms with E-state index in [4.69, 9.17) is 57.2 Å². The van der Waals surface area contributed by atoms with Gasteiger partial charge in [-0.15, -0.1) is 0 Å². The number of hydrogen-bond acceptors (Lipinski definition) is 25. The van der Waals surface area contributed by atoms with Crippen molar-refractivity contribution < 1.29 is 125 Å². The van der Waals surface area contributed by atoms with Crippen LogP contribution >= 0.6 is 0 Å². The summed E-state index contributed by atoms with van der Waals surface area (Å²) in [6.07, 6.45) is 34.2. The number of hydrogen-bond donors (Lipinski definition) is 3. The zero-order valence-electron chi connectivity index (χ0n) is 91.4. The van der Waals surface area contributed by atoms with Gasteiger partial charge < -0.3 is 67.4 Å². The minimum atomic E-state index is -0.722. The number of rotatable bonds is 23. The van der Waals surface area contributed by atoms with E-state index in [2.05, 4.69) is 20.8 Å². The quantitative estimate of drug-likeness (QED) is 0.0486. The fourth-order valence-electron chi connectivity index (χ4n) is 28.9. The van der Waals surface area contributed by atoms with Gasteiger partial charge in [0.1, 0.15) is 52.9 Å². The second kappa shape index (κ2) is 43.4. The van der Waals surface area contributed by atoms with Gasteiger partial charge in [0.25, 0.3) is 0 Å². The summed E-state index contributed by atoms with van der Waals surface area (Å²) >= 11 is 0. The maximum Gasteiger partial charge on any atom is 0.347 e. The van der Waals surface area contributed by atoms with Crippen LogP contribution in [0.4, 0.5) is 0 Å². The largest absolute Gasteiger partial charge is 0.481 e. The Hall–Kier alpha value is -6.44.